The Morgan fingerprint density at radius 3 is 2.89 bits per heavy atom. The van der Waals surface area contributed by atoms with Crippen molar-refractivity contribution in [3.8, 4) is 5.75 Å². The molecule has 2 rings (SSSR count). The lowest BCUT2D eigenvalue weighted by molar-refractivity contribution is 0.416. The number of halogens is 1. The Hall–Kier alpha value is -1.55. The fraction of sp³-hybridized carbons (Fsp3) is 0.429. The summed E-state index contributed by atoms with van der Waals surface area (Å²) in [5.41, 5.74) is 1.95. The van der Waals surface area contributed by atoms with Crippen LogP contribution < -0.4 is 10.1 Å². The first-order valence-electron chi connectivity index (χ1n) is 6.30. The third-order valence-corrected chi connectivity index (χ3v) is 3.01. The van der Waals surface area contributed by atoms with Gasteiger partial charge in [-0.05, 0) is 37.6 Å². The number of ether oxygens (including phenoxy) is 1. The minimum atomic E-state index is -0.281. The highest BCUT2D eigenvalue weighted by Gasteiger charge is 2.11. The van der Waals surface area contributed by atoms with Gasteiger partial charge in [-0.15, -0.1) is 0 Å². The van der Waals surface area contributed by atoms with Gasteiger partial charge in [0.05, 0.1) is 12.6 Å². The van der Waals surface area contributed by atoms with Crippen LogP contribution in [0.5, 0.6) is 5.75 Å². The number of nitrogens with one attached hydrogen (secondary N) is 2. The van der Waals surface area contributed by atoms with Crippen molar-refractivity contribution in [1.82, 2.24) is 10.3 Å². The lowest BCUT2D eigenvalue weighted by Gasteiger charge is -2.06. The molecule has 0 spiro atoms. The minimum Gasteiger partial charge on any atom is -0.496 e. The van der Waals surface area contributed by atoms with Gasteiger partial charge < -0.3 is 15.0 Å². The normalized spacial score (nSPS) is 11.1. The molecule has 0 radical (unpaired) electrons. The van der Waals surface area contributed by atoms with E-state index >= 15 is 0 Å². The first-order chi connectivity index (χ1) is 8.76. The molecule has 0 amide bonds. The zero-order valence-corrected chi connectivity index (χ0v) is 10.8. The number of aromatic nitrogens is 1. The highest BCUT2D eigenvalue weighted by molar-refractivity contribution is 5.89. The van der Waals surface area contributed by atoms with E-state index in [1.54, 1.807) is 7.11 Å². The second-order valence-electron chi connectivity index (χ2n) is 4.34. The van der Waals surface area contributed by atoms with E-state index in [1.165, 1.54) is 12.1 Å². The van der Waals surface area contributed by atoms with Gasteiger partial charge in [-0.2, -0.15) is 0 Å². The quantitative estimate of drug-likeness (QED) is 0.773. The van der Waals surface area contributed by atoms with Gasteiger partial charge in [0.15, 0.2) is 0 Å². The van der Waals surface area contributed by atoms with Crippen molar-refractivity contribution in [3.05, 3.63) is 29.7 Å². The Bertz CT molecular complexity index is 522. The summed E-state index contributed by atoms with van der Waals surface area (Å²) >= 11 is 0. The van der Waals surface area contributed by atoms with Crippen molar-refractivity contribution in [1.29, 1.82) is 0 Å². The molecule has 0 fully saturated rings. The van der Waals surface area contributed by atoms with Crippen LogP contribution >= 0.6 is 0 Å². The SMILES string of the molecule is CCCNCCc1c[nH]c2cc(F)cc(OC)c12. The van der Waals surface area contributed by atoms with Crippen molar-refractivity contribution >= 4 is 10.9 Å². The van der Waals surface area contributed by atoms with Crippen molar-refractivity contribution in [3.63, 3.8) is 0 Å². The molecule has 0 saturated heterocycles. The number of rotatable bonds is 6. The van der Waals surface area contributed by atoms with Gasteiger partial charge in [-0.25, -0.2) is 4.39 Å². The van der Waals surface area contributed by atoms with Crippen molar-refractivity contribution < 1.29 is 9.13 Å². The molecule has 0 unspecified atom stereocenters. The molecule has 3 nitrogen and oxygen atoms in total. The fourth-order valence-corrected chi connectivity index (χ4v) is 2.15. The number of H-pyrrole nitrogens is 1. The summed E-state index contributed by atoms with van der Waals surface area (Å²) in [6.07, 6.45) is 3.96. The molecule has 1 heterocycles. The Balaban J connectivity index is 2.23. The van der Waals surface area contributed by atoms with Gasteiger partial charge >= 0.3 is 0 Å². The fourth-order valence-electron chi connectivity index (χ4n) is 2.15. The maximum Gasteiger partial charge on any atom is 0.131 e. The van der Waals surface area contributed by atoms with Gasteiger partial charge in [0, 0.05) is 17.6 Å². The largest absolute Gasteiger partial charge is 0.496 e. The summed E-state index contributed by atoms with van der Waals surface area (Å²) in [6, 6.07) is 2.93. The Morgan fingerprint density at radius 1 is 1.33 bits per heavy atom. The second kappa shape index (κ2) is 5.87. The summed E-state index contributed by atoms with van der Waals surface area (Å²) in [6.45, 7) is 4.08. The molecular weight excluding hydrogens is 231 g/mol. The lowest BCUT2D eigenvalue weighted by atomic mass is 10.1. The molecule has 0 aliphatic rings. The number of hydrogen-bond acceptors (Lipinski definition) is 2. The maximum atomic E-state index is 13.3. The van der Waals surface area contributed by atoms with Crippen LogP contribution in [-0.4, -0.2) is 25.2 Å². The average molecular weight is 250 g/mol. The number of hydrogen-bond donors (Lipinski definition) is 2. The predicted molar refractivity (Wildman–Crippen MR) is 71.7 cm³/mol. The molecule has 1 aromatic heterocycles. The van der Waals surface area contributed by atoms with E-state index in [0.29, 0.717) is 5.75 Å². The minimum absolute atomic E-state index is 0.281. The Kier molecular flexibility index (Phi) is 4.20. The van der Waals surface area contributed by atoms with Gasteiger partial charge in [0.25, 0.3) is 0 Å². The summed E-state index contributed by atoms with van der Waals surface area (Å²) in [4.78, 5) is 3.10. The van der Waals surface area contributed by atoms with Crippen LogP contribution in [0.3, 0.4) is 0 Å². The highest BCUT2D eigenvalue weighted by Crippen LogP contribution is 2.30. The number of fused-ring (bicyclic) bond motifs is 1. The van der Waals surface area contributed by atoms with Crippen LogP contribution in [0.4, 0.5) is 4.39 Å². The van der Waals surface area contributed by atoms with Crippen LogP contribution in [0.2, 0.25) is 0 Å². The molecule has 2 aromatic rings. The van der Waals surface area contributed by atoms with E-state index in [9.17, 15) is 4.39 Å². The monoisotopic (exact) mass is 250 g/mol. The third kappa shape index (κ3) is 2.64. The summed E-state index contributed by atoms with van der Waals surface area (Å²) in [5, 5.41) is 4.34. The van der Waals surface area contributed by atoms with Crippen molar-refractivity contribution in [2.75, 3.05) is 20.2 Å². The van der Waals surface area contributed by atoms with Crippen LogP contribution in [-0.2, 0) is 6.42 Å². The predicted octanol–water partition coefficient (Wildman–Crippen LogP) is 2.86. The molecule has 0 aliphatic carbocycles. The number of benzene rings is 1. The standard InChI is InChI=1S/C14H19FN2O/c1-3-5-16-6-4-10-9-17-12-7-11(15)8-13(18-2)14(10)12/h7-9,16-17H,3-6H2,1-2H3. The highest BCUT2D eigenvalue weighted by atomic mass is 19.1. The lowest BCUT2D eigenvalue weighted by Crippen LogP contribution is -2.17. The van der Waals surface area contributed by atoms with Crippen LogP contribution in [0.15, 0.2) is 18.3 Å². The Morgan fingerprint density at radius 2 is 2.17 bits per heavy atom. The molecular formula is C14H19FN2O. The van der Waals surface area contributed by atoms with Gasteiger partial charge in [-0.1, -0.05) is 6.92 Å². The van der Waals surface area contributed by atoms with E-state index < -0.39 is 0 Å². The van der Waals surface area contributed by atoms with E-state index in [1.807, 2.05) is 6.20 Å². The molecule has 0 saturated carbocycles. The third-order valence-electron chi connectivity index (χ3n) is 3.01. The summed E-state index contributed by atoms with van der Waals surface area (Å²) < 4.78 is 18.6. The van der Waals surface area contributed by atoms with E-state index in [4.69, 9.17) is 4.74 Å². The van der Waals surface area contributed by atoms with E-state index in [0.717, 1.165) is 42.4 Å². The van der Waals surface area contributed by atoms with E-state index in [-0.39, 0.29) is 5.82 Å². The zero-order valence-electron chi connectivity index (χ0n) is 10.8. The molecule has 0 aliphatic heterocycles. The van der Waals surface area contributed by atoms with Crippen LogP contribution in [0.1, 0.15) is 18.9 Å². The first kappa shape index (κ1) is 12.9. The molecule has 1 aromatic carbocycles. The second-order valence-corrected chi connectivity index (χ2v) is 4.34. The number of aromatic amines is 1. The van der Waals surface area contributed by atoms with Gasteiger partial charge in [0.1, 0.15) is 11.6 Å². The average Bonchev–Trinajstić information content (AvgIpc) is 2.76. The molecule has 0 bridgehead atoms. The smallest absolute Gasteiger partial charge is 0.131 e. The molecule has 4 heteroatoms. The molecule has 98 valence electrons. The topological polar surface area (TPSA) is 37.0 Å². The number of methoxy groups -OCH3 is 1. The molecule has 0 atom stereocenters. The maximum absolute atomic E-state index is 13.3. The zero-order chi connectivity index (χ0) is 13.0. The van der Waals surface area contributed by atoms with Crippen LogP contribution in [0.25, 0.3) is 10.9 Å². The Labute approximate surface area is 106 Å². The molecule has 18 heavy (non-hydrogen) atoms. The molecule has 2 N–H and O–H groups in total. The van der Waals surface area contributed by atoms with Crippen molar-refractivity contribution in [2.24, 2.45) is 0 Å². The first-order valence-corrected chi connectivity index (χ1v) is 6.30. The summed E-state index contributed by atoms with van der Waals surface area (Å²) in [5.74, 6) is 0.314. The van der Waals surface area contributed by atoms with Crippen molar-refractivity contribution in [2.45, 2.75) is 19.8 Å². The van der Waals surface area contributed by atoms with Crippen LogP contribution in [0, 0.1) is 5.82 Å². The van der Waals surface area contributed by atoms with Gasteiger partial charge in [0.2, 0.25) is 0 Å². The summed E-state index contributed by atoms with van der Waals surface area (Å²) in [7, 11) is 1.57. The van der Waals surface area contributed by atoms with E-state index in [2.05, 4.69) is 17.2 Å². The van der Waals surface area contributed by atoms with Gasteiger partial charge in [-0.3, -0.25) is 0 Å².